The van der Waals surface area contributed by atoms with Crippen LogP contribution in [0.25, 0.3) is 0 Å². The fourth-order valence-electron chi connectivity index (χ4n) is 2.56. The fraction of sp³-hybridized carbons (Fsp3) is 0.250. The van der Waals surface area contributed by atoms with Crippen LogP contribution in [0.1, 0.15) is 20.0 Å². The lowest BCUT2D eigenvalue weighted by molar-refractivity contribution is 0.0751. The van der Waals surface area contributed by atoms with Crippen LogP contribution in [-0.4, -0.2) is 42.9 Å². The van der Waals surface area contributed by atoms with Gasteiger partial charge in [-0.05, 0) is 35.7 Å². The van der Waals surface area contributed by atoms with E-state index < -0.39 is 5.91 Å². The molecule has 1 aromatic carbocycles. The number of nitrogens with two attached hydrogens (primary N) is 1. The molecule has 3 rings (SSSR count). The maximum absolute atomic E-state index is 12.3. The molecule has 2 amide bonds. The van der Waals surface area contributed by atoms with Crippen molar-refractivity contribution >= 4 is 28.8 Å². The zero-order chi connectivity index (χ0) is 15.5. The van der Waals surface area contributed by atoms with Gasteiger partial charge in [-0.15, -0.1) is 11.3 Å². The van der Waals surface area contributed by atoms with E-state index in [9.17, 15) is 9.59 Å². The highest BCUT2D eigenvalue weighted by atomic mass is 32.1. The smallest absolute Gasteiger partial charge is 0.264 e. The van der Waals surface area contributed by atoms with Crippen molar-refractivity contribution in [3.05, 3.63) is 52.2 Å². The molecule has 114 valence electrons. The van der Waals surface area contributed by atoms with Gasteiger partial charge in [0.25, 0.3) is 5.91 Å². The van der Waals surface area contributed by atoms with Crippen molar-refractivity contribution < 1.29 is 9.59 Å². The van der Waals surface area contributed by atoms with Crippen LogP contribution in [0.5, 0.6) is 0 Å². The summed E-state index contributed by atoms with van der Waals surface area (Å²) in [4.78, 5) is 28.3. The number of primary amides is 1. The lowest BCUT2D eigenvalue weighted by Crippen LogP contribution is -2.48. The fourth-order valence-corrected chi connectivity index (χ4v) is 3.25. The molecule has 0 unspecified atom stereocenters. The summed E-state index contributed by atoms with van der Waals surface area (Å²) in [7, 11) is 0. The number of carbonyl (C=O) groups excluding carboxylic acids is 2. The molecule has 6 heteroatoms. The summed E-state index contributed by atoms with van der Waals surface area (Å²) in [6, 6.07) is 11.0. The molecule has 1 aromatic heterocycles. The number of amides is 2. The minimum absolute atomic E-state index is 0.110. The van der Waals surface area contributed by atoms with E-state index in [2.05, 4.69) is 4.90 Å². The zero-order valence-electron chi connectivity index (χ0n) is 12.1. The predicted molar refractivity (Wildman–Crippen MR) is 87.4 cm³/mol. The Morgan fingerprint density at radius 2 is 1.68 bits per heavy atom. The molecule has 1 fully saturated rings. The average molecular weight is 315 g/mol. The van der Waals surface area contributed by atoms with E-state index in [0.29, 0.717) is 18.7 Å². The summed E-state index contributed by atoms with van der Waals surface area (Å²) < 4.78 is 0. The van der Waals surface area contributed by atoms with E-state index in [4.69, 9.17) is 5.73 Å². The van der Waals surface area contributed by atoms with Crippen molar-refractivity contribution in [2.45, 2.75) is 0 Å². The molecule has 2 aromatic rings. The van der Waals surface area contributed by atoms with Crippen LogP contribution >= 0.6 is 11.3 Å². The normalized spacial score (nSPS) is 14.9. The van der Waals surface area contributed by atoms with Crippen LogP contribution in [-0.2, 0) is 0 Å². The number of anilines is 1. The maximum Gasteiger partial charge on any atom is 0.264 e. The van der Waals surface area contributed by atoms with Gasteiger partial charge < -0.3 is 15.5 Å². The molecule has 22 heavy (non-hydrogen) atoms. The van der Waals surface area contributed by atoms with Crippen LogP contribution in [0.15, 0.2) is 41.8 Å². The van der Waals surface area contributed by atoms with Crippen LogP contribution in [0.4, 0.5) is 5.69 Å². The van der Waals surface area contributed by atoms with Gasteiger partial charge in [0.15, 0.2) is 0 Å². The van der Waals surface area contributed by atoms with E-state index in [-0.39, 0.29) is 5.91 Å². The second kappa shape index (κ2) is 6.19. The number of hydrogen-bond donors (Lipinski definition) is 1. The molecule has 0 radical (unpaired) electrons. The molecule has 0 bridgehead atoms. The lowest BCUT2D eigenvalue weighted by atomic mass is 10.1. The number of nitrogens with zero attached hydrogens (tertiary/aromatic N) is 2. The molecular weight excluding hydrogens is 298 g/mol. The number of carbonyl (C=O) groups is 2. The summed E-state index contributed by atoms with van der Waals surface area (Å²) >= 11 is 1.48. The summed E-state index contributed by atoms with van der Waals surface area (Å²) in [5, 5.41) is 1.92. The van der Waals surface area contributed by atoms with E-state index >= 15 is 0 Å². The van der Waals surface area contributed by atoms with Gasteiger partial charge in [0.05, 0.1) is 4.88 Å². The molecule has 1 aliphatic heterocycles. The molecule has 5 nitrogen and oxygen atoms in total. The highest BCUT2D eigenvalue weighted by molar-refractivity contribution is 7.12. The van der Waals surface area contributed by atoms with Crippen LogP contribution in [0, 0.1) is 0 Å². The largest absolute Gasteiger partial charge is 0.368 e. The Morgan fingerprint density at radius 1 is 1.00 bits per heavy atom. The molecule has 0 spiro atoms. The van der Waals surface area contributed by atoms with E-state index in [1.807, 2.05) is 34.5 Å². The number of rotatable bonds is 3. The van der Waals surface area contributed by atoms with Crippen molar-refractivity contribution in [3.63, 3.8) is 0 Å². The van der Waals surface area contributed by atoms with Crippen LogP contribution < -0.4 is 10.6 Å². The van der Waals surface area contributed by atoms with Gasteiger partial charge >= 0.3 is 0 Å². The monoisotopic (exact) mass is 315 g/mol. The molecule has 2 heterocycles. The van der Waals surface area contributed by atoms with Crippen molar-refractivity contribution in [2.75, 3.05) is 31.1 Å². The molecular formula is C16H17N3O2S. The molecule has 2 N–H and O–H groups in total. The Kier molecular flexibility index (Phi) is 4.11. The summed E-state index contributed by atoms with van der Waals surface area (Å²) in [5.41, 5.74) is 6.80. The lowest BCUT2D eigenvalue weighted by Gasteiger charge is -2.36. The summed E-state index contributed by atoms with van der Waals surface area (Å²) in [5.74, 6) is -0.309. The quantitative estimate of drug-likeness (QED) is 0.939. The third kappa shape index (κ3) is 2.96. The molecule has 1 saturated heterocycles. The van der Waals surface area contributed by atoms with Crippen molar-refractivity contribution in [1.82, 2.24) is 4.90 Å². The van der Waals surface area contributed by atoms with Crippen molar-refractivity contribution in [2.24, 2.45) is 5.73 Å². The maximum atomic E-state index is 12.3. The van der Waals surface area contributed by atoms with Gasteiger partial charge in [-0.25, -0.2) is 0 Å². The number of benzene rings is 1. The van der Waals surface area contributed by atoms with Crippen LogP contribution in [0.3, 0.4) is 0 Å². The Balaban J connectivity index is 1.62. The van der Waals surface area contributed by atoms with Gasteiger partial charge in [0.2, 0.25) is 5.91 Å². The van der Waals surface area contributed by atoms with Crippen molar-refractivity contribution in [3.8, 4) is 0 Å². The SMILES string of the molecule is NC(=O)c1ccc(N2CCN(C(=O)c3cccs3)CC2)cc1. The first kappa shape index (κ1) is 14.6. The summed E-state index contributed by atoms with van der Waals surface area (Å²) in [6.07, 6.45) is 0. The van der Waals surface area contributed by atoms with Gasteiger partial charge in [0, 0.05) is 37.4 Å². The first-order valence-electron chi connectivity index (χ1n) is 7.13. The topological polar surface area (TPSA) is 66.6 Å². The Hall–Kier alpha value is -2.34. The zero-order valence-corrected chi connectivity index (χ0v) is 12.9. The third-order valence-corrected chi connectivity index (χ3v) is 4.67. The van der Waals surface area contributed by atoms with Gasteiger partial charge in [-0.1, -0.05) is 6.07 Å². The Labute approximate surface area is 132 Å². The number of thiophene rings is 1. The highest BCUT2D eigenvalue weighted by Gasteiger charge is 2.22. The van der Waals surface area contributed by atoms with E-state index in [1.165, 1.54) is 11.3 Å². The average Bonchev–Trinajstić information content (AvgIpc) is 3.09. The predicted octanol–water partition coefficient (Wildman–Crippen LogP) is 1.81. The minimum atomic E-state index is -0.419. The Morgan fingerprint density at radius 3 is 2.23 bits per heavy atom. The molecule has 0 atom stereocenters. The molecule has 0 saturated carbocycles. The van der Waals surface area contributed by atoms with Crippen molar-refractivity contribution in [1.29, 1.82) is 0 Å². The second-order valence-corrected chi connectivity index (χ2v) is 6.12. The minimum Gasteiger partial charge on any atom is -0.368 e. The number of piperazine rings is 1. The molecule has 0 aliphatic carbocycles. The third-order valence-electron chi connectivity index (χ3n) is 3.82. The molecule has 1 aliphatic rings. The Bertz CT molecular complexity index is 659. The standard InChI is InChI=1S/C16H17N3O2S/c17-15(20)12-3-5-13(6-4-12)18-7-9-19(10-8-18)16(21)14-2-1-11-22-14/h1-6,11H,7-10H2,(H2,17,20). The highest BCUT2D eigenvalue weighted by Crippen LogP contribution is 2.19. The first-order chi connectivity index (χ1) is 10.6. The first-order valence-corrected chi connectivity index (χ1v) is 8.01. The van der Waals surface area contributed by atoms with Gasteiger partial charge in [-0.2, -0.15) is 0 Å². The van der Waals surface area contributed by atoms with Crippen LogP contribution in [0.2, 0.25) is 0 Å². The van der Waals surface area contributed by atoms with E-state index in [1.54, 1.807) is 12.1 Å². The van der Waals surface area contributed by atoms with Gasteiger partial charge in [0.1, 0.15) is 0 Å². The van der Waals surface area contributed by atoms with Gasteiger partial charge in [-0.3, -0.25) is 9.59 Å². The summed E-state index contributed by atoms with van der Waals surface area (Å²) in [6.45, 7) is 2.97. The second-order valence-electron chi connectivity index (χ2n) is 5.17. The van der Waals surface area contributed by atoms with E-state index in [0.717, 1.165) is 23.7 Å². The number of hydrogen-bond acceptors (Lipinski definition) is 4.